The van der Waals surface area contributed by atoms with Crippen molar-refractivity contribution >= 4 is 5.82 Å². The largest absolute Gasteiger partial charge is 0.378 e. The molecule has 1 fully saturated rings. The highest BCUT2D eigenvalue weighted by molar-refractivity contribution is 5.35. The van der Waals surface area contributed by atoms with E-state index in [-0.39, 0.29) is 5.60 Å². The van der Waals surface area contributed by atoms with Crippen LogP contribution >= 0.6 is 0 Å². The summed E-state index contributed by atoms with van der Waals surface area (Å²) in [5.74, 6) is 6.68. The van der Waals surface area contributed by atoms with E-state index in [0.29, 0.717) is 18.2 Å². The first-order valence-corrected chi connectivity index (χ1v) is 5.63. The second-order valence-corrected chi connectivity index (χ2v) is 4.20. The third kappa shape index (κ3) is 2.24. The van der Waals surface area contributed by atoms with Gasteiger partial charge in [-0.25, -0.2) is 15.8 Å². The first kappa shape index (κ1) is 12.2. The van der Waals surface area contributed by atoms with Gasteiger partial charge in [-0.2, -0.15) is 0 Å². The third-order valence-electron chi connectivity index (χ3n) is 3.18. The van der Waals surface area contributed by atoms with Crippen molar-refractivity contribution in [3.8, 4) is 0 Å². The van der Waals surface area contributed by atoms with Gasteiger partial charge in [0.15, 0.2) is 5.82 Å². The molecule has 0 aliphatic heterocycles. The monoisotopic (exact) mass is 238 g/mol. The van der Waals surface area contributed by atoms with E-state index in [1.807, 2.05) is 0 Å². The second kappa shape index (κ2) is 4.95. The maximum atomic E-state index is 5.56. The minimum Gasteiger partial charge on any atom is -0.378 e. The van der Waals surface area contributed by atoms with Crippen LogP contribution in [0.15, 0.2) is 6.07 Å². The smallest absolute Gasteiger partial charge is 0.162 e. The van der Waals surface area contributed by atoms with Crippen molar-refractivity contribution in [3.63, 3.8) is 0 Å². The van der Waals surface area contributed by atoms with Crippen molar-refractivity contribution in [2.45, 2.75) is 31.5 Å². The van der Waals surface area contributed by atoms with Crippen LogP contribution in [-0.2, 0) is 21.7 Å². The second-order valence-electron chi connectivity index (χ2n) is 4.20. The molecule has 0 unspecified atom stereocenters. The Morgan fingerprint density at radius 1 is 1.41 bits per heavy atom. The molecule has 1 aromatic rings. The van der Waals surface area contributed by atoms with Crippen LogP contribution in [0.5, 0.6) is 0 Å². The number of aromatic nitrogens is 2. The van der Waals surface area contributed by atoms with Gasteiger partial charge < -0.3 is 14.9 Å². The molecule has 6 nitrogen and oxygen atoms in total. The first-order valence-electron chi connectivity index (χ1n) is 5.63. The Morgan fingerprint density at radius 2 is 2.18 bits per heavy atom. The highest BCUT2D eigenvalue weighted by Gasteiger charge is 2.42. The fourth-order valence-electron chi connectivity index (χ4n) is 2.01. The van der Waals surface area contributed by atoms with Crippen molar-refractivity contribution in [1.82, 2.24) is 9.97 Å². The molecule has 1 aliphatic rings. The summed E-state index contributed by atoms with van der Waals surface area (Å²) in [7, 11) is 3.33. The number of nitrogens with two attached hydrogens (primary N) is 1. The van der Waals surface area contributed by atoms with Crippen LogP contribution in [-0.4, -0.2) is 24.2 Å². The van der Waals surface area contributed by atoms with Gasteiger partial charge >= 0.3 is 0 Å². The Kier molecular flexibility index (Phi) is 3.56. The summed E-state index contributed by atoms with van der Waals surface area (Å²) >= 11 is 0. The van der Waals surface area contributed by atoms with Crippen molar-refractivity contribution in [2.75, 3.05) is 19.6 Å². The standard InChI is InChI=1S/C11H18N4O2/c1-16-7-8-6-9(15-12)14-10(13-8)11(17-2)4-3-5-11/h6H,3-5,7,12H2,1-2H3,(H,13,14,15). The SMILES string of the molecule is COCc1cc(NN)nc(C2(OC)CCC2)n1. The van der Waals surface area contributed by atoms with Crippen LogP contribution in [0.2, 0.25) is 0 Å². The molecule has 2 rings (SSSR count). The van der Waals surface area contributed by atoms with Crippen molar-refractivity contribution < 1.29 is 9.47 Å². The van der Waals surface area contributed by atoms with Crippen molar-refractivity contribution in [1.29, 1.82) is 0 Å². The Labute approximate surface area is 101 Å². The Morgan fingerprint density at radius 3 is 2.65 bits per heavy atom. The molecule has 94 valence electrons. The minimum absolute atomic E-state index is 0.338. The van der Waals surface area contributed by atoms with Crippen LogP contribution in [0, 0.1) is 0 Å². The molecule has 6 heteroatoms. The van der Waals surface area contributed by atoms with Gasteiger partial charge in [0.05, 0.1) is 12.3 Å². The topological polar surface area (TPSA) is 82.3 Å². The molecule has 0 radical (unpaired) electrons. The number of hydrogen-bond acceptors (Lipinski definition) is 6. The van der Waals surface area contributed by atoms with Crippen LogP contribution in [0.3, 0.4) is 0 Å². The van der Waals surface area contributed by atoms with E-state index in [4.69, 9.17) is 15.3 Å². The van der Waals surface area contributed by atoms with Gasteiger partial charge in [0.2, 0.25) is 0 Å². The number of nitrogens with zero attached hydrogens (tertiary/aromatic N) is 2. The molecule has 1 aromatic heterocycles. The van der Waals surface area contributed by atoms with Gasteiger partial charge in [-0.1, -0.05) is 0 Å². The average Bonchev–Trinajstić information content (AvgIpc) is 2.28. The zero-order valence-corrected chi connectivity index (χ0v) is 10.2. The van der Waals surface area contributed by atoms with Crippen LogP contribution in [0.25, 0.3) is 0 Å². The summed E-state index contributed by atoms with van der Waals surface area (Å²) in [6.45, 7) is 0.435. The first-order chi connectivity index (χ1) is 8.24. The van der Waals surface area contributed by atoms with Gasteiger partial charge in [-0.15, -0.1) is 0 Å². The van der Waals surface area contributed by atoms with Gasteiger partial charge in [-0.3, -0.25) is 0 Å². The fraction of sp³-hybridized carbons (Fsp3) is 0.636. The highest BCUT2D eigenvalue weighted by atomic mass is 16.5. The average molecular weight is 238 g/mol. The number of nitrogen functional groups attached to an aromatic ring is 1. The lowest BCUT2D eigenvalue weighted by atomic mass is 9.79. The molecule has 0 amide bonds. The van der Waals surface area contributed by atoms with Crippen molar-refractivity contribution in [3.05, 3.63) is 17.6 Å². The molecular formula is C11H18N4O2. The van der Waals surface area contributed by atoms with Crippen molar-refractivity contribution in [2.24, 2.45) is 5.84 Å². The van der Waals surface area contributed by atoms with E-state index >= 15 is 0 Å². The van der Waals surface area contributed by atoms with Gasteiger partial charge in [0.25, 0.3) is 0 Å². The number of hydrazine groups is 1. The Balaban J connectivity index is 2.35. The summed E-state index contributed by atoms with van der Waals surface area (Å²) in [4.78, 5) is 8.85. The lowest BCUT2D eigenvalue weighted by molar-refractivity contribution is -0.0848. The van der Waals surface area contributed by atoms with E-state index in [0.717, 1.165) is 25.0 Å². The Hall–Kier alpha value is -1.24. The van der Waals surface area contributed by atoms with Gasteiger partial charge in [-0.05, 0) is 19.3 Å². The zero-order valence-electron chi connectivity index (χ0n) is 10.2. The molecule has 0 atom stereocenters. The molecule has 1 heterocycles. The van der Waals surface area contributed by atoms with Gasteiger partial charge in [0, 0.05) is 20.3 Å². The van der Waals surface area contributed by atoms with Crippen LogP contribution in [0.1, 0.15) is 30.8 Å². The zero-order chi connectivity index (χ0) is 12.3. The molecule has 0 bridgehead atoms. The molecule has 0 saturated heterocycles. The normalized spacial score (nSPS) is 17.6. The number of rotatable bonds is 5. The molecule has 3 N–H and O–H groups in total. The maximum Gasteiger partial charge on any atom is 0.162 e. The van der Waals surface area contributed by atoms with E-state index in [9.17, 15) is 0 Å². The maximum absolute atomic E-state index is 5.56. The lowest BCUT2D eigenvalue weighted by Crippen LogP contribution is -2.38. The molecule has 1 aliphatic carbocycles. The molecule has 0 aromatic carbocycles. The predicted octanol–water partition coefficient (Wildman–Crippen LogP) is 0.934. The number of hydrogen-bond donors (Lipinski definition) is 2. The van der Waals surface area contributed by atoms with Crippen LogP contribution in [0.4, 0.5) is 5.82 Å². The van der Waals surface area contributed by atoms with E-state index in [1.165, 1.54) is 0 Å². The van der Waals surface area contributed by atoms with E-state index in [2.05, 4.69) is 15.4 Å². The summed E-state index contributed by atoms with van der Waals surface area (Å²) in [6.07, 6.45) is 3.03. The molecule has 1 saturated carbocycles. The Bertz CT molecular complexity index is 388. The lowest BCUT2D eigenvalue weighted by Gasteiger charge is -2.39. The molecule has 0 spiro atoms. The fourth-order valence-corrected chi connectivity index (χ4v) is 2.01. The number of ether oxygens (including phenoxy) is 2. The molecule has 17 heavy (non-hydrogen) atoms. The van der Waals surface area contributed by atoms with Crippen LogP contribution < -0.4 is 11.3 Å². The minimum atomic E-state index is -0.338. The number of anilines is 1. The van der Waals surface area contributed by atoms with E-state index in [1.54, 1.807) is 20.3 Å². The summed E-state index contributed by atoms with van der Waals surface area (Å²) < 4.78 is 10.6. The van der Waals surface area contributed by atoms with E-state index < -0.39 is 0 Å². The number of nitrogens with one attached hydrogen (secondary N) is 1. The summed E-state index contributed by atoms with van der Waals surface area (Å²) in [6, 6.07) is 1.77. The molecular weight excluding hydrogens is 220 g/mol. The van der Waals surface area contributed by atoms with Gasteiger partial charge in [0.1, 0.15) is 11.4 Å². The predicted molar refractivity (Wildman–Crippen MR) is 63.1 cm³/mol. The highest BCUT2D eigenvalue weighted by Crippen LogP contribution is 2.42. The summed E-state index contributed by atoms with van der Waals surface area (Å²) in [5.41, 5.74) is 3.01. The summed E-state index contributed by atoms with van der Waals surface area (Å²) in [5, 5.41) is 0. The third-order valence-corrected chi connectivity index (χ3v) is 3.18. The number of methoxy groups -OCH3 is 2. The quantitative estimate of drug-likeness (QED) is 0.586.